The van der Waals surface area contributed by atoms with Gasteiger partial charge >= 0.3 is 0 Å². The van der Waals surface area contributed by atoms with Crippen molar-refractivity contribution in [1.29, 1.82) is 0 Å². The lowest BCUT2D eigenvalue weighted by Crippen LogP contribution is -2.40. The molecule has 1 unspecified atom stereocenters. The Hall–Kier alpha value is -4.56. The zero-order valence-corrected chi connectivity index (χ0v) is 26.3. The van der Waals surface area contributed by atoms with E-state index in [1.807, 2.05) is 44.2 Å². The van der Waals surface area contributed by atoms with Gasteiger partial charge in [-0.05, 0) is 53.6 Å². The second-order valence-corrected chi connectivity index (χ2v) is 12.6. The number of para-hydroxylation sites is 1. The predicted octanol–water partition coefficient (Wildman–Crippen LogP) is 7.24. The van der Waals surface area contributed by atoms with Gasteiger partial charge in [-0.1, -0.05) is 74.0 Å². The maximum Gasteiger partial charge on any atom is 0.228 e. The van der Waals surface area contributed by atoms with Crippen LogP contribution < -0.4 is 20.3 Å². The summed E-state index contributed by atoms with van der Waals surface area (Å²) < 4.78 is 6.01. The number of Topliss-reactive ketones (excluding diaryl/α,β-unsaturated/α-hetero) is 1. The highest BCUT2D eigenvalue weighted by atomic mass is 35.5. The zero-order valence-electron chi connectivity index (χ0n) is 25.6. The van der Waals surface area contributed by atoms with Crippen molar-refractivity contribution in [2.24, 2.45) is 5.41 Å². The normalized spacial score (nSPS) is 17.0. The van der Waals surface area contributed by atoms with Gasteiger partial charge in [0.2, 0.25) is 11.8 Å². The minimum atomic E-state index is -0.911. The molecule has 3 aromatic carbocycles. The number of rotatable bonds is 10. The van der Waals surface area contributed by atoms with Crippen molar-refractivity contribution >= 4 is 40.6 Å². The molecule has 0 saturated carbocycles. The van der Waals surface area contributed by atoms with E-state index in [2.05, 4.69) is 17.2 Å². The summed E-state index contributed by atoms with van der Waals surface area (Å²) in [4.78, 5) is 42.3. The third kappa shape index (κ3) is 7.23. The lowest BCUT2D eigenvalue weighted by atomic mass is 9.73. The smallest absolute Gasteiger partial charge is 0.228 e. The molecule has 1 aliphatic heterocycles. The number of carbonyl (C=O) groups is 3. The number of halogens is 1. The average molecular weight is 628 g/mol. The number of hydrogen-bond acceptors (Lipinski definition) is 6. The van der Waals surface area contributed by atoms with Crippen molar-refractivity contribution in [3.05, 3.63) is 107 Å². The predicted molar refractivity (Wildman–Crippen MR) is 176 cm³/mol. The quantitative estimate of drug-likeness (QED) is 0.124. The standard InChI is InChI=1S/C36H38ClN3O5/c1-4-5-18-38-31(43)16-17-32(44)40-28-12-9-13-29(41)34(28)39-27-20-36(2,3)21-30(42)33(27)35(40)25-15-14-24(19-26(25)37)45-22-23-10-7-6-8-11-23/h4,6-15,19,35,39,41H,1,5,16-18,20-22H2,2-3H3,(H,38,43). The minimum Gasteiger partial charge on any atom is -0.506 e. The molecule has 0 saturated heterocycles. The summed E-state index contributed by atoms with van der Waals surface area (Å²) >= 11 is 6.97. The summed E-state index contributed by atoms with van der Waals surface area (Å²) in [6.07, 6.45) is 2.94. The van der Waals surface area contributed by atoms with E-state index in [1.54, 1.807) is 36.4 Å². The molecule has 0 spiro atoms. The van der Waals surface area contributed by atoms with Crippen molar-refractivity contribution in [3.63, 3.8) is 0 Å². The molecular formula is C36H38ClN3O5. The number of fused-ring (bicyclic) bond motifs is 1. The molecule has 45 heavy (non-hydrogen) atoms. The fraction of sp³-hybridized carbons (Fsp3) is 0.306. The fourth-order valence-corrected chi connectivity index (χ4v) is 6.19. The van der Waals surface area contributed by atoms with Crippen molar-refractivity contribution in [2.45, 2.75) is 58.6 Å². The van der Waals surface area contributed by atoms with Gasteiger partial charge in [-0.15, -0.1) is 6.58 Å². The number of ether oxygens (including phenoxy) is 1. The summed E-state index contributed by atoms with van der Waals surface area (Å²) in [6, 6.07) is 19.0. The van der Waals surface area contributed by atoms with Crippen LogP contribution in [-0.4, -0.2) is 29.2 Å². The Bertz CT molecular complexity index is 1650. The molecular weight excluding hydrogens is 590 g/mol. The first-order valence-electron chi connectivity index (χ1n) is 15.1. The van der Waals surface area contributed by atoms with E-state index in [4.69, 9.17) is 16.3 Å². The van der Waals surface area contributed by atoms with E-state index < -0.39 is 6.04 Å². The van der Waals surface area contributed by atoms with Crippen molar-refractivity contribution in [3.8, 4) is 11.5 Å². The van der Waals surface area contributed by atoms with E-state index in [-0.39, 0.29) is 48.0 Å². The molecule has 0 fully saturated rings. The van der Waals surface area contributed by atoms with Gasteiger partial charge in [0, 0.05) is 42.1 Å². The molecule has 5 rings (SSSR count). The monoisotopic (exact) mass is 627 g/mol. The second kappa shape index (κ2) is 13.6. The van der Waals surface area contributed by atoms with Gasteiger partial charge in [-0.3, -0.25) is 19.3 Å². The van der Waals surface area contributed by atoms with Crippen LogP contribution in [-0.2, 0) is 21.0 Å². The topological polar surface area (TPSA) is 108 Å². The van der Waals surface area contributed by atoms with E-state index >= 15 is 0 Å². The minimum absolute atomic E-state index is 0.0480. The molecule has 9 heteroatoms. The Morgan fingerprint density at radius 3 is 2.62 bits per heavy atom. The molecule has 0 bridgehead atoms. The van der Waals surface area contributed by atoms with Crippen LogP contribution >= 0.6 is 11.6 Å². The highest BCUT2D eigenvalue weighted by Gasteiger charge is 2.44. The SMILES string of the molecule is C=CCCNC(=O)CCC(=O)N1c2cccc(O)c2NC2=C(C(=O)CC(C)(C)C2)C1c1ccc(OCc2ccccc2)cc1Cl. The van der Waals surface area contributed by atoms with Crippen LogP contribution in [0.4, 0.5) is 11.4 Å². The van der Waals surface area contributed by atoms with E-state index in [1.165, 1.54) is 11.0 Å². The van der Waals surface area contributed by atoms with E-state index in [0.717, 1.165) is 5.56 Å². The molecule has 0 radical (unpaired) electrons. The molecule has 3 N–H and O–H groups in total. The Kier molecular flexibility index (Phi) is 9.63. The molecule has 1 atom stereocenters. The van der Waals surface area contributed by atoms with Crippen molar-refractivity contribution in [1.82, 2.24) is 5.32 Å². The Morgan fingerprint density at radius 2 is 1.89 bits per heavy atom. The molecule has 1 heterocycles. The van der Waals surface area contributed by atoms with Crippen LogP contribution in [0.25, 0.3) is 0 Å². The van der Waals surface area contributed by atoms with Crippen LogP contribution in [0.5, 0.6) is 11.5 Å². The summed E-state index contributed by atoms with van der Waals surface area (Å²) in [5, 5.41) is 17.4. The summed E-state index contributed by atoms with van der Waals surface area (Å²) in [7, 11) is 0. The van der Waals surface area contributed by atoms with Gasteiger partial charge in [-0.25, -0.2) is 0 Å². The van der Waals surface area contributed by atoms with E-state index in [0.29, 0.717) is 65.0 Å². The second-order valence-electron chi connectivity index (χ2n) is 12.2. The van der Waals surface area contributed by atoms with Crippen LogP contribution in [0, 0.1) is 5.41 Å². The maximum atomic E-state index is 14.2. The van der Waals surface area contributed by atoms with Gasteiger partial charge < -0.3 is 20.5 Å². The number of anilines is 2. The van der Waals surface area contributed by atoms with Crippen LogP contribution in [0.15, 0.2) is 90.7 Å². The third-order valence-corrected chi connectivity index (χ3v) is 8.35. The first-order valence-corrected chi connectivity index (χ1v) is 15.5. The number of carbonyl (C=O) groups excluding carboxylic acids is 3. The number of phenols is 1. The Morgan fingerprint density at radius 1 is 1.11 bits per heavy atom. The summed E-state index contributed by atoms with van der Waals surface area (Å²) in [5.41, 5.74) is 2.93. The number of ketones is 1. The van der Waals surface area contributed by atoms with Crippen LogP contribution in [0.1, 0.15) is 63.1 Å². The summed E-state index contributed by atoms with van der Waals surface area (Å²) in [6.45, 7) is 8.47. The molecule has 3 aromatic rings. The number of amides is 2. The zero-order chi connectivity index (χ0) is 32.1. The molecule has 8 nitrogen and oxygen atoms in total. The number of aromatic hydroxyl groups is 1. The lowest BCUT2D eigenvalue weighted by Gasteiger charge is -2.37. The molecule has 0 aromatic heterocycles. The van der Waals surface area contributed by atoms with Crippen LogP contribution in [0.3, 0.4) is 0 Å². The van der Waals surface area contributed by atoms with Gasteiger partial charge in [-0.2, -0.15) is 0 Å². The lowest BCUT2D eigenvalue weighted by molar-refractivity contribution is -0.125. The summed E-state index contributed by atoms with van der Waals surface area (Å²) in [5.74, 6) is -0.298. The van der Waals surface area contributed by atoms with Gasteiger partial charge in [0.15, 0.2) is 5.78 Å². The Labute approximate surface area is 268 Å². The van der Waals surface area contributed by atoms with Crippen LogP contribution in [0.2, 0.25) is 5.02 Å². The number of phenolic OH excluding ortho intramolecular Hbond substituents is 1. The first kappa shape index (κ1) is 31.9. The number of nitrogens with zero attached hydrogens (tertiary/aromatic N) is 1. The van der Waals surface area contributed by atoms with Gasteiger partial charge in [0.25, 0.3) is 0 Å². The van der Waals surface area contributed by atoms with Gasteiger partial charge in [0.1, 0.15) is 23.8 Å². The van der Waals surface area contributed by atoms with E-state index in [9.17, 15) is 19.5 Å². The number of hydrogen-bond donors (Lipinski definition) is 3. The maximum absolute atomic E-state index is 14.2. The number of nitrogens with one attached hydrogen (secondary N) is 2. The first-order chi connectivity index (χ1) is 21.6. The number of benzene rings is 3. The van der Waals surface area contributed by atoms with Crippen molar-refractivity contribution in [2.75, 3.05) is 16.8 Å². The molecule has 2 aliphatic rings. The third-order valence-electron chi connectivity index (χ3n) is 8.03. The number of allylic oxidation sites excluding steroid dienone is 1. The fourth-order valence-electron chi connectivity index (χ4n) is 5.92. The molecule has 2 amide bonds. The average Bonchev–Trinajstić information content (AvgIpc) is 3.14. The van der Waals surface area contributed by atoms with Crippen molar-refractivity contribution < 1.29 is 24.2 Å². The highest BCUT2D eigenvalue weighted by Crippen LogP contribution is 2.51. The highest BCUT2D eigenvalue weighted by molar-refractivity contribution is 6.31. The Balaban J connectivity index is 1.58. The largest absolute Gasteiger partial charge is 0.506 e. The molecule has 234 valence electrons. The molecule has 1 aliphatic carbocycles. The van der Waals surface area contributed by atoms with Gasteiger partial charge in [0.05, 0.1) is 11.7 Å².